The van der Waals surface area contributed by atoms with E-state index in [0.717, 1.165) is 5.56 Å². The summed E-state index contributed by atoms with van der Waals surface area (Å²) >= 11 is 0. The largest absolute Gasteiger partial charge is 0.452 e. The summed E-state index contributed by atoms with van der Waals surface area (Å²) in [4.78, 5) is 25.4. The second-order valence-corrected chi connectivity index (χ2v) is 8.03. The van der Waals surface area contributed by atoms with Gasteiger partial charge in [-0.3, -0.25) is 0 Å². The van der Waals surface area contributed by atoms with Crippen molar-refractivity contribution in [2.75, 3.05) is 6.61 Å². The van der Waals surface area contributed by atoms with Gasteiger partial charge >= 0.3 is 11.9 Å². The number of benzene rings is 3. The Labute approximate surface area is 202 Å². The van der Waals surface area contributed by atoms with Gasteiger partial charge in [0.2, 0.25) is 0 Å². The molecule has 0 radical (unpaired) electrons. The Hall–Kier alpha value is -3.56. The Kier molecular flexibility index (Phi) is 8.23. The topological polar surface area (TPSA) is 112 Å². The van der Waals surface area contributed by atoms with Gasteiger partial charge in [0, 0.05) is 0 Å². The van der Waals surface area contributed by atoms with Crippen LogP contribution in [0.5, 0.6) is 0 Å². The molecule has 3 aromatic rings. The van der Waals surface area contributed by atoms with Crippen LogP contribution in [0.4, 0.5) is 0 Å². The number of carbonyl (C=O) groups excluding carboxylic acids is 2. The first-order valence-corrected chi connectivity index (χ1v) is 11.2. The zero-order valence-corrected chi connectivity index (χ0v) is 18.8. The zero-order valence-electron chi connectivity index (χ0n) is 18.8. The summed E-state index contributed by atoms with van der Waals surface area (Å²) in [5.74, 6) is -1.50. The van der Waals surface area contributed by atoms with E-state index in [9.17, 15) is 19.8 Å². The molecule has 1 heterocycles. The maximum Gasteiger partial charge on any atom is 0.338 e. The Balaban J connectivity index is 1.49. The van der Waals surface area contributed by atoms with Crippen molar-refractivity contribution in [1.29, 1.82) is 0 Å². The molecule has 2 N–H and O–H groups in total. The summed E-state index contributed by atoms with van der Waals surface area (Å²) in [5.41, 5.74) is 1.39. The van der Waals surface area contributed by atoms with Crippen molar-refractivity contribution in [3.05, 3.63) is 108 Å². The van der Waals surface area contributed by atoms with Crippen LogP contribution in [-0.4, -0.2) is 59.5 Å². The number of aliphatic hydroxyl groups excluding tert-OH is 2. The summed E-state index contributed by atoms with van der Waals surface area (Å²) in [5, 5.41) is 21.7. The van der Waals surface area contributed by atoms with E-state index in [-0.39, 0.29) is 24.3 Å². The van der Waals surface area contributed by atoms with Gasteiger partial charge < -0.3 is 29.2 Å². The highest BCUT2D eigenvalue weighted by Crippen LogP contribution is 2.27. The highest BCUT2D eigenvalue weighted by Gasteiger charge is 2.49. The maximum absolute atomic E-state index is 12.7. The Morgan fingerprint density at radius 2 is 1.20 bits per heavy atom. The molecule has 8 heteroatoms. The van der Waals surface area contributed by atoms with Gasteiger partial charge in [0.1, 0.15) is 12.2 Å². The summed E-state index contributed by atoms with van der Waals surface area (Å²) in [6, 6.07) is 25.7. The molecule has 35 heavy (non-hydrogen) atoms. The standard InChI is InChI=1S/C27H26O8/c28-22-21(17-32-16-18-10-4-1-5-11-18)33-27(31)24(35-26(30)20-14-8-3-9-15-20)23(22)34-25(29)19-12-6-2-7-13-19/h1-15,21-24,27-28,31H,16-17H2/t21?,22-,23?,24?,27+/m0/s1. The average Bonchev–Trinajstić information content (AvgIpc) is 2.90. The lowest BCUT2D eigenvalue weighted by molar-refractivity contribution is -0.287. The molecule has 0 aliphatic carbocycles. The predicted octanol–water partition coefficient (Wildman–Crippen LogP) is 2.73. The molecular formula is C27H26O8. The summed E-state index contributed by atoms with van der Waals surface area (Å²) < 4.78 is 22.2. The monoisotopic (exact) mass is 478 g/mol. The molecule has 1 saturated heterocycles. The summed E-state index contributed by atoms with van der Waals surface area (Å²) in [7, 11) is 0. The minimum Gasteiger partial charge on any atom is -0.452 e. The van der Waals surface area contributed by atoms with Gasteiger partial charge in [-0.25, -0.2) is 9.59 Å². The lowest BCUT2D eigenvalue weighted by Crippen LogP contribution is -2.61. The number of rotatable bonds is 8. The smallest absolute Gasteiger partial charge is 0.338 e. The van der Waals surface area contributed by atoms with Crippen molar-refractivity contribution in [3.8, 4) is 0 Å². The second kappa shape index (κ2) is 11.7. The average molecular weight is 478 g/mol. The molecule has 5 atom stereocenters. The third-order valence-electron chi connectivity index (χ3n) is 5.54. The lowest BCUT2D eigenvalue weighted by atomic mass is 9.98. The predicted molar refractivity (Wildman–Crippen MR) is 124 cm³/mol. The van der Waals surface area contributed by atoms with E-state index in [1.54, 1.807) is 60.7 Å². The SMILES string of the molecule is O=C(OC1C(OC(=O)c2ccccc2)[C@H](O)OC(COCc2ccccc2)[C@@H]1O)c1ccccc1. The molecule has 3 aromatic carbocycles. The van der Waals surface area contributed by atoms with Crippen molar-refractivity contribution in [3.63, 3.8) is 0 Å². The van der Waals surface area contributed by atoms with Crippen LogP contribution in [0, 0.1) is 0 Å². The number of aliphatic hydroxyl groups is 2. The van der Waals surface area contributed by atoms with E-state index in [1.807, 2.05) is 30.3 Å². The number of hydrogen-bond acceptors (Lipinski definition) is 8. The van der Waals surface area contributed by atoms with Crippen LogP contribution in [0.1, 0.15) is 26.3 Å². The fourth-order valence-electron chi connectivity index (χ4n) is 3.70. The van der Waals surface area contributed by atoms with E-state index >= 15 is 0 Å². The molecule has 0 saturated carbocycles. The Morgan fingerprint density at radius 1 is 0.714 bits per heavy atom. The number of carbonyl (C=O) groups is 2. The first kappa shape index (κ1) is 24.6. The quantitative estimate of drug-likeness (QED) is 0.476. The van der Waals surface area contributed by atoms with Gasteiger partial charge in [0.05, 0.1) is 24.3 Å². The maximum atomic E-state index is 12.7. The highest BCUT2D eigenvalue weighted by molar-refractivity contribution is 5.90. The molecule has 8 nitrogen and oxygen atoms in total. The molecule has 0 bridgehead atoms. The third-order valence-corrected chi connectivity index (χ3v) is 5.54. The van der Waals surface area contributed by atoms with E-state index in [1.165, 1.54) is 0 Å². The van der Waals surface area contributed by atoms with E-state index in [0.29, 0.717) is 0 Å². The van der Waals surface area contributed by atoms with Crippen molar-refractivity contribution in [2.45, 2.75) is 37.3 Å². The van der Waals surface area contributed by atoms with Crippen LogP contribution in [-0.2, 0) is 25.6 Å². The van der Waals surface area contributed by atoms with Gasteiger partial charge in [-0.05, 0) is 29.8 Å². The first-order chi connectivity index (χ1) is 17.0. The third kappa shape index (κ3) is 6.32. The van der Waals surface area contributed by atoms with Crippen LogP contribution in [0.15, 0.2) is 91.0 Å². The number of ether oxygens (including phenoxy) is 4. The summed E-state index contributed by atoms with van der Waals surface area (Å²) in [6.07, 6.45) is -6.99. The van der Waals surface area contributed by atoms with Crippen molar-refractivity contribution < 1.29 is 38.7 Å². The van der Waals surface area contributed by atoms with Crippen LogP contribution in [0.2, 0.25) is 0 Å². The zero-order chi connectivity index (χ0) is 24.6. The molecule has 0 spiro atoms. The van der Waals surface area contributed by atoms with Crippen molar-refractivity contribution >= 4 is 11.9 Å². The molecule has 0 amide bonds. The fourth-order valence-corrected chi connectivity index (χ4v) is 3.70. The number of esters is 2. The van der Waals surface area contributed by atoms with E-state index < -0.39 is 42.6 Å². The normalized spacial score (nSPS) is 23.9. The molecule has 0 aromatic heterocycles. The van der Waals surface area contributed by atoms with E-state index in [4.69, 9.17) is 18.9 Å². The molecule has 3 unspecified atom stereocenters. The van der Waals surface area contributed by atoms with Crippen LogP contribution >= 0.6 is 0 Å². The van der Waals surface area contributed by atoms with Crippen molar-refractivity contribution in [2.24, 2.45) is 0 Å². The van der Waals surface area contributed by atoms with Gasteiger partial charge in [0.15, 0.2) is 18.5 Å². The van der Waals surface area contributed by atoms with Gasteiger partial charge in [-0.2, -0.15) is 0 Å². The molecule has 1 aliphatic rings. The van der Waals surface area contributed by atoms with Gasteiger partial charge in [-0.1, -0.05) is 66.7 Å². The van der Waals surface area contributed by atoms with Crippen LogP contribution < -0.4 is 0 Å². The van der Waals surface area contributed by atoms with Gasteiger partial charge in [0.25, 0.3) is 0 Å². The minimum atomic E-state index is -1.66. The minimum absolute atomic E-state index is 0.0914. The molecule has 1 aliphatic heterocycles. The van der Waals surface area contributed by atoms with Crippen molar-refractivity contribution in [1.82, 2.24) is 0 Å². The lowest BCUT2D eigenvalue weighted by Gasteiger charge is -2.41. The number of hydrogen-bond donors (Lipinski definition) is 2. The summed E-state index contributed by atoms with van der Waals surface area (Å²) in [6.45, 7) is 0.163. The van der Waals surface area contributed by atoms with Crippen LogP contribution in [0.25, 0.3) is 0 Å². The first-order valence-electron chi connectivity index (χ1n) is 11.2. The Morgan fingerprint density at radius 3 is 1.74 bits per heavy atom. The second-order valence-electron chi connectivity index (χ2n) is 8.03. The van der Waals surface area contributed by atoms with E-state index in [2.05, 4.69) is 0 Å². The molecule has 4 rings (SSSR count). The Bertz CT molecular complexity index is 1090. The molecule has 182 valence electrons. The highest BCUT2D eigenvalue weighted by atomic mass is 16.7. The molecule has 1 fully saturated rings. The van der Waals surface area contributed by atoms with Crippen LogP contribution in [0.3, 0.4) is 0 Å². The van der Waals surface area contributed by atoms with Gasteiger partial charge in [-0.15, -0.1) is 0 Å². The fraction of sp³-hybridized carbons (Fsp3) is 0.259. The molecular weight excluding hydrogens is 452 g/mol.